The number of carbonyl (C=O) groups is 2. The van der Waals surface area contributed by atoms with E-state index in [0.717, 1.165) is 19.4 Å². The van der Waals surface area contributed by atoms with Gasteiger partial charge in [0.05, 0.1) is 0 Å². The highest BCUT2D eigenvalue weighted by Crippen LogP contribution is 2.09. The van der Waals surface area contributed by atoms with Crippen LogP contribution in [-0.2, 0) is 9.59 Å². The van der Waals surface area contributed by atoms with Crippen molar-refractivity contribution in [1.29, 1.82) is 0 Å². The predicted octanol–water partition coefficient (Wildman–Crippen LogP) is 0.241. The van der Waals surface area contributed by atoms with Crippen molar-refractivity contribution in [3.05, 3.63) is 0 Å². The second kappa shape index (κ2) is 6.59. The van der Waals surface area contributed by atoms with E-state index in [1.165, 1.54) is 0 Å². The summed E-state index contributed by atoms with van der Waals surface area (Å²) in [6, 6.07) is -0.0794. The summed E-state index contributed by atoms with van der Waals surface area (Å²) in [5, 5.41) is 2.88. The number of rotatable bonds is 6. The SMILES string of the molecule is CCC(N)CC(=O)NC(C)CN1CCCC1=O. The minimum Gasteiger partial charge on any atom is -0.352 e. The molecule has 1 rings (SSSR count). The van der Waals surface area contributed by atoms with Gasteiger partial charge in [-0.15, -0.1) is 0 Å². The molecular weight excluding hydrogens is 218 g/mol. The molecule has 5 nitrogen and oxygen atoms in total. The minimum absolute atomic E-state index is 0.00592. The summed E-state index contributed by atoms with van der Waals surface area (Å²) in [5.41, 5.74) is 5.71. The standard InChI is InChI=1S/C12H23N3O2/c1-3-10(13)7-11(16)14-9(2)8-15-6-4-5-12(15)17/h9-10H,3-8,13H2,1-2H3,(H,14,16). The summed E-state index contributed by atoms with van der Waals surface area (Å²) >= 11 is 0. The first-order valence-corrected chi connectivity index (χ1v) is 6.35. The van der Waals surface area contributed by atoms with Crippen LogP contribution in [0.1, 0.15) is 39.5 Å². The lowest BCUT2D eigenvalue weighted by atomic mass is 10.1. The summed E-state index contributed by atoms with van der Waals surface area (Å²) in [4.78, 5) is 24.8. The first-order chi connectivity index (χ1) is 8.02. The largest absolute Gasteiger partial charge is 0.352 e. The van der Waals surface area contributed by atoms with Crippen molar-refractivity contribution in [2.75, 3.05) is 13.1 Å². The predicted molar refractivity (Wildman–Crippen MR) is 66.3 cm³/mol. The third kappa shape index (κ3) is 4.73. The summed E-state index contributed by atoms with van der Waals surface area (Å²) in [5.74, 6) is 0.162. The molecule has 17 heavy (non-hydrogen) atoms. The van der Waals surface area contributed by atoms with Crippen LogP contribution in [0, 0.1) is 0 Å². The maximum atomic E-state index is 11.6. The second-order valence-electron chi connectivity index (χ2n) is 4.78. The molecule has 3 N–H and O–H groups in total. The number of nitrogens with two attached hydrogens (primary N) is 1. The fourth-order valence-electron chi connectivity index (χ4n) is 1.99. The number of nitrogens with zero attached hydrogens (tertiary/aromatic N) is 1. The number of amides is 2. The lowest BCUT2D eigenvalue weighted by Crippen LogP contribution is -2.43. The molecule has 0 aromatic carbocycles. The van der Waals surface area contributed by atoms with Gasteiger partial charge in [-0.05, 0) is 19.8 Å². The number of carbonyl (C=O) groups excluding carboxylic acids is 2. The summed E-state index contributed by atoms with van der Waals surface area (Å²) in [7, 11) is 0. The molecule has 0 aromatic rings. The summed E-state index contributed by atoms with van der Waals surface area (Å²) < 4.78 is 0. The number of hydrogen-bond donors (Lipinski definition) is 2. The average molecular weight is 241 g/mol. The fraction of sp³-hybridized carbons (Fsp3) is 0.833. The molecule has 0 bridgehead atoms. The van der Waals surface area contributed by atoms with Gasteiger partial charge in [0.2, 0.25) is 11.8 Å². The van der Waals surface area contributed by atoms with Gasteiger partial charge in [0.15, 0.2) is 0 Å². The Hall–Kier alpha value is -1.10. The van der Waals surface area contributed by atoms with E-state index in [-0.39, 0.29) is 23.9 Å². The molecule has 0 saturated carbocycles. The van der Waals surface area contributed by atoms with Gasteiger partial charge in [0.25, 0.3) is 0 Å². The van der Waals surface area contributed by atoms with Gasteiger partial charge < -0.3 is 16.0 Å². The Morgan fingerprint density at radius 2 is 2.29 bits per heavy atom. The maximum Gasteiger partial charge on any atom is 0.222 e. The molecule has 0 spiro atoms. The average Bonchev–Trinajstić information content (AvgIpc) is 2.63. The number of nitrogens with one attached hydrogen (secondary N) is 1. The quantitative estimate of drug-likeness (QED) is 0.699. The van der Waals surface area contributed by atoms with Crippen LogP contribution in [-0.4, -0.2) is 41.9 Å². The van der Waals surface area contributed by atoms with Crippen molar-refractivity contribution in [2.45, 2.75) is 51.6 Å². The molecule has 5 heteroatoms. The van der Waals surface area contributed by atoms with Crippen LogP contribution in [0.2, 0.25) is 0 Å². The fourth-order valence-corrected chi connectivity index (χ4v) is 1.99. The molecule has 0 aromatic heterocycles. The van der Waals surface area contributed by atoms with Gasteiger partial charge in [0.1, 0.15) is 0 Å². The summed E-state index contributed by atoms with van der Waals surface area (Å²) in [6.07, 6.45) is 2.72. The monoisotopic (exact) mass is 241 g/mol. The molecule has 0 aliphatic carbocycles. The highest BCUT2D eigenvalue weighted by Gasteiger charge is 2.22. The molecule has 2 unspecified atom stereocenters. The van der Waals surface area contributed by atoms with Gasteiger partial charge in [-0.3, -0.25) is 9.59 Å². The van der Waals surface area contributed by atoms with Crippen molar-refractivity contribution >= 4 is 11.8 Å². The molecule has 1 aliphatic rings. The smallest absolute Gasteiger partial charge is 0.222 e. The van der Waals surface area contributed by atoms with Crippen molar-refractivity contribution in [2.24, 2.45) is 5.73 Å². The maximum absolute atomic E-state index is 11.6. The normalized spacial score (nSPS) is 19.2. The van der Waals surface area contributed by atoms with Crippen LogP contribution in [0.5, 0.6) is 0 Å². The van der Waals surface area contributed by atoms with Crippen molar-refractivity contribution in [1.82, 2.24) is 10.2 Å². The Kier molecular flexibility index (Phi) is 5.41. The van der Waals surface area contributed by atoms with Gasteiger partial charge in [0, 0.05) is 38.0 Å². The molecule has 0 radical (unpaired) electrons. The van der Waals surface area contributed by atoms with E-state index in [1.807, 2.05) is 18.7 Å². The Morgan fingerprint density at radius 3 is 2.82 bits per heavy atom. The van der Waals surface area contributed by atoms with Crippen molar-refractivity contribution in [3.63, 3.8) is 0 Å². The second-order valence-corrected chi connectivity index (χ2v) is 4.78. The van der Waals surface area contributed by atoms with E-state index >= 15 is 0 Å². The van der Waals surface area contributed by atoms with Crippen LogP contribution in [0.3, 0.4) is 0 Å². The third-order valence-corrected chi connectivity index (χ3v) is 3.04. The molecule has 1 aliphatic heterocycles. The van der Waals surface area contributed by atoms with Crippen molar-refractivity contribution < 1.29 is 9.59 Å². The van der Waals surface area contributed by atoms with E-state index in [0.29, 0.717) is 19.4 Å². The highest BCUT2D eigenvalue weighted by atomic mass is 16.2. The van der Waals surface area contributed by atoms with Crippen LogP contribution >= 0.6 is 0 Å². The van der Waals surface area contributed by atoms with E-state index in [9.17, 15) is 9.59 Å². The molecular formula is C12H23N3O2. The number of hydrogen-bond acceptors (Lipinski definition) is 3. The third-order valence-electron chi connectivity index (χ3n) is 3.04. The van der Waals surface area contributed by atoms with Gasteiger partial charge in [-0.2, -0.15) is 0 Å². The molecule has 1 saturated heterocycles. The number of likely N-dealkylation sites (tertiary alicyclic amines) is 1. The van der Waals surface area contributed by atoms with Crippen LogP contribution in [0.15, 0.2) is 0 Å². The zero-order chi connectivity index (χ0) is 12.8. The van der Waals surface area contributed by atoms with E-state index in [1.54, 1.807) is 0 Å². The Balaban J connectivity index is 2.26. The summed E-state index contributed by atoms with van der Waals surface area (Å²) in [6.45, 7) is 5.30. The van der Waals surface area contributed by atoms with Crippen LogP contribution in [0.25, 0.3) is 0 Å². The van der Waals surface area contributed by atoms with E-state index in [4.69, 9.17) is 5.73 Å². The lowest BCUT2D eigenvalue weighted by molar-refractivity contribution is -0.129. The van der Waals surface area contributed by atoms with Crippen molar-refractivity contribution in [3.8, 4) is 0 Å². The molecule has 1 heterocycles. The molecule has 2 atom stereocenters. The van der Waals surface area contributed by atoms with E-state index in [2.05, 4.69) is 5.32 Å². The topological polar surface area (TPSA) is 75.4 Å². The zero-order valence-corrected chi connectivity index (χ0v) is 10.7. The Bertz CT molecular complexity index is 281. The lowest BCUT2D eigenvalue weighted by Gasteiger charge is -2.22. The van der Waals surface area contributed by atoms with E-state index < -0.39 is 0 Å². The Morgan fingerprint density at radius 1 is 1.59 bits per heavy atom. The highest BCUT2D eigenvalue weighted by molar-refractivity contribution is 5.79. The van der Waals surface area contributed by atoms with Crippen LogP contribution < -0.4 is 11.1 Å². The van der Waals surface area contributed by atoms with Gasteiger partial charge in [-0.25, -0.2) is 0 Å². The molecule has 98 valence electrons. The zero-order valence-electron chi connectivity index (χ0n) is 10.7. The molecule has 1 fully saturated rings. The van der Waals surface area contributed by atoms with Gasteiger partial charge in [-0.1, -0.05) is 6.92 Å². The Labute approximate surface area is 103 Å². The molecule has 2 amide bonds. The first-order valence-electron chi connectivity index (χ1n) is 6.35. The van der Waals surface area contributed by atoms with Crippen LogP contribution in [0.4, 0.5) is 0 Å². The first kappa shape index (κ1) is 14.0. The van der Waals surface area contributed by atoms with Gasteiger partial charge >= 0.3 is 0 Å². The minimum atomic E-state index is -0.0735.